The lowest BCUT2D eigenvalue weighted by Gasteiger charge is -2.17. The molecular weight excluding hydrogens is 368 g/mol. The first-order chi connectivity index (χ1) is 13.3. The minimum atomic E-state index is -1.10. The third kappa shape index (κ3) is 4.29. The van der Waals surface area contributed by atoms with Gasteiger partial charge in [-0.05, 0) is 44.2 Å². The second-order valence-corrected chi connectivity index (χ2v) is 6.08. The highest BCUT2D eigenvalue weighted by molar-refractivity contribution is 5.98. The van der Waals surface area contributed by atoms with Gasteiger partial charge in [0.25, 0.3) is 11.8 Å². The van der Waals surface area contributed by atoms with Crippen molar-refractivity contribution in [2.24, 2.45) is 0 Å². The summed E-state index contributed by atoms with van der Waals surface area (Å²) in [7, 11) is 0. The van der Waals surface area contributed by atoms with Crippen LogP contribution in [0.25, 0.3) is 11.0 Å². The molecule has 0 fully saturated rings. The zero-order valence-electron chi connectivity index (χ0n) is 15.1. The zero-order chi connectivity index (χ0) is 20.3. The molecule has 10 heteroatoms. The van der Waals surface area contributed by atoms with E-state index < -0.39 is 29.9 Å². The topological polar surface area (TPSA) is 146 Å². The molecule has 3 rings (SSSR count). The number of esters is 1. The van der Waals surface area contributed by atoms with Crippen molar-refractivity contribution in [3.8, 4) is 0 Å². The Bertz CT molecular complexity index is 1070. The molecule has 2 amide bonds. The van der Waals surface area contributed by atoms with Crippen LogP contribution >= 0.6 is 0 Å². The number of nitrogens with one attached hydrogen (secondary N) is 4. The van der Waals surface area contributed by atoms with E-state index in [1.54, 1.807) is 24.3 Å². The molecule has 0 unspecified atom stereocenters. The number of fused-ring (bicyclic) bond motifs is 1. The summed E-state index contributed by atoms with van der Waals surface area (Å²) in [6.45, 7) is 2.84. The fourth-order valence-electron chi connectivity index (χ4n) is 2.42. The average molecular weight is 386 g/mol. The van der Waals surface area contributed by atoms with Gasteiger partial charge in [0.15, 0.2) is 11.9 Å². The number of hydrogen-bond donors (Lipinski definition) is 4. The van der Waals surface area contributed by atoms with Gasteiger partial charge < -0.3 is 29.8 Å². The van der Waals surface area contributed by atoms with Gasteiger partial charge in [-0.1, -0.05) is 0 Å². The Morgan fingerprint density at radius 2 is 1.86 bits per heavy atom. The molecule has 0 aliphatic carbocycles. The standard InChI is InChI=1S/C18H18N4O6/c1-9(19-16(24)14-4-3-7-27-14)17(25)28-10(2)15(23)20-11-5-6-12-13(8-11)22-18(26)21-12/h3-10H,1-2H3,(H,19,24)(H,20,23)(H2,21,22,26)/t9-,10+/m0/s1. The van der Waals surface area contributed by atoms with Crippen molar-refractivity contribution < 1.29 is 23.5 Å². The average Bonchev–Trinajstić information content (AvgIpc) is 3.29. The van der Waals surface area contributed by atoms with Crippen LogP contribution in [0, 0.1) is 0 Å². The van der Waals surface area contributed by atoms with Crippen LogP contribution in [0.2, 0.25) is 0 Å². The van der Waals surface area contributed by atoms with Gasteiger partial charge in [-0.3, -0.25) is 9.59 Å². The van der Waals surface area contributed by atoms with Crippen LogP contribution in [0.1, 0.15) is 24.4 Å². The maximum Gasteiger partial charge on any atom is 0.329 e. The second kappa shape index (κ2) is 7.82. The lowest BCUT2D eigenvalue weighted by atomic mass is 10.2. The summed E-state index contributed by atoms with van der Waals surface area (Å²) in [6, 6.07) is 6.83. The van der Waals surface area contributed by atoms with E-state index in [4.69, 9.17) is 9.15 Å². The van der Waals surface area contributed by atoms with Crippen molar-refractivity contribution >= 4 is 34.5 Å². The Kier molecular flexibility index (Phi) is 5.30. The highest BCUT2D eigenvalue weighted by atomic mass is 16.5. The summed E-state index contributed by atoms with van der Waals surface area (Å²) >= 11 is 0. The summed E-state index contributed by atoms with van der Waals surface area (Å²) in [6.07, 6.45) is 0.238. The van der Waals surface area contributed by atoms with E-state index in [0.717, 1.165) is 0 Å². The number of rotatable bonds is 6. The first kappa shape index (κ1) is 19.0. The van der Waals surface area contributed by atoms with Crippen molar-refractivity contribution in [3.05, 3.63) is 52.8 Å². The van der Waals surface area contributed by atoms with Crippen molar-refractivity contribution in [2.75, 3.05) is 5.32 Å². The number of carbonyl (C=O) groups excluding carboxylic acids is 3. The predicted molar refractivity (Wildman–Crippen MR) is 98.7 cm³/mol. The lowest BCUT2D eigenvalue weighted by Crippen LogP contribution is -2.42. The molecule has 0 aliphatic heterocycles. The molecule has 10 nitrogen and oxygen atoms in total. The van der Waals surface area contributed by atoms with Crippen molar-refractivity contribution in [1.29, 1.82) is 0 Å². The van der Waals surface area contributed by atoms with E-state index in [1.807, 2.05) is 0 Å². The number of benzene rings is 1. The van der Waals surface area contributed by atoms with Crippen LogP contribution in [-0.4, -0.2) is 39.9 Å². The summed E-state index contributed by atoms with van der Waals surface area (Å²) in [5.41, 5.74) is 1.20. The van der Waals surface area contributed by atoms with Crippen molar-refractivity contribution in [2.45, 2.75) is 26.0 Å². The molecule has 0 bridgehead atoms. The normalized spacial score (nSPS) is 12.9. The molecule has 28 heavy (non-hydrogen) atoms. The van der Waals surface area contributed by atoms with Crippen LogP contribution in [0.15, 0.2) is 45.8 Å². The van der Waals surface area contributed by atoms with Gasteiger partial charge in [0.2, 0.25) is 0 Å². The van der Waals surface area contributed by atoms with Crippen LogP contribution in [-0.2, 0) is 14.3 Å². The summed E-state index contributed by atoms with van der Waals surface area (Å²) < 4.78 is 10.0. The third-order valence-corrected chi connectivity index (χ3v) is 3.89. The third-order valence-electron chi connectivity index (χ3n) is 3.89. The van der Waals surface area contributed by atoms with Gasteiger partial charge in [0.1, 0.15) is 6.04 Å². The SMILES string of the molecule is C[C@H](NC(=O)c1ccco1)C(=O)O[C@H](C)C(=O)Nc1ccc2[nH]c(=O)[nH]c2c1. The van der Waals surface area contributed by atoms with Gasteiger partial charge in [-0.2, -0.15) is 0 Å². The molecule has 0 spiro atoms. The number of hydrogen-bond acceptors (Lipinski definition) is 6. The largest absolute Gasteiger partial charge is 0.459 e. The zero-order valence-corrected chi connectivity index (χ0v) is 15.1. The number of aromatic amines is 2. The fourth-order valence-corrected chi connectivity index (χ4v) is 2.42. The number of carbonyl (C=O) groups is 3. The minimum absolute atomic E-state index is 0.0589. The Balaban J connectivity index is 1.55. The molecule has 2 heterocycles. The first-order valence-electron chi connectivity index (χ1n) is 8.41. The smallest absolute Gasteiger partial charge is 0.329 e. The number of ether oxygens (including phenoxy) is 1. The molecule has 0 radical (unpaired) electrons. The van der Waals surface area contributed by atoms with Crippen LogP contribution in [0.4, 0.5) is 5.69 Å². The Labute approximate surface area is 158 Å². The predicted octanol–water partition coefficient (Wildman–Crippen LogP) is 1.14. The van der Waals surface area contributed by atoms with Crippen LogP contribution in [0.5, 0.6) is 0 Å². The van der Waals surface area contributed by atoms with E-state index in [2.05, 4.69) is 20.6 Å². The number of aromatic nitrogens is 2. The molecule has 146 valence electrons. The highest BCUT2D eigenvalue weighted by Gasteiger charge is 2.24. The summed E-state index contributed by atoms with van der Waals surface area (Å²) in [5, 5.41) is 5.02. The van der Waals surface area contributed by atoms with E-state index in [1.165, 1.54) is 26.2 Å². The molecule has 1 aromatic carbocycles. The molecule has 0 aliphatic rings. The monoisotopic (exact) mass is 386 g/mol. The minimum Gasteiger partial charge on any atom is -0.459 e. The molecule has 0 saturated carbocycles. The van der Waals surface area contributed by atoms with Gasteiger partial charge in [0.05, 0.1) is 17.3 Å². The van der Waals surface area contributed by atoms with Gasteiger partial charge in [-0.25, -0.2) is 9.59 Å². The van der Waals surface area contributed by atoms with E-state index >= 15 is 0 Å². The number of furan rings is 1. The second-order valence-electron chi connectivity index (χ2n) is 6.08. The van der Waals surface area contributed by atoms with Crippen LogP contribution < -0.4 is 16.3 Å². The summed E-state index contributed by atoms with van der Waals surface area (Å²) in [4.78, 5) is 52.7. The van der Waals surface area contributed by atoms with E-state index in [0.29, 0.717) is 16.7 Å². The molecule has 2 atom stereocenters. The van der Waals surface area contributed by atoms with Crippen molar-refractivity contribution in [3.63, 3.8) is 0 Å². The number of amides is 2. The van der Waals surface area contributed by atoms with Gasteiger partial charge in [-0.15, -0.1) is 0 Å². The summed E-state index contributed by atoms with van der Waals surface area (Å²) in [5.74, 6) is -1.84. The Hall–Kier alpha value is -3.82. The molecule has 2 aromatic heterocycles. The highest BCUT2D eigenvalue weighted by Crippen LogP contribution is 2.15. The quantitative estimate of drug-likeness (QED) is 0.467. The maximum atomic E-state index is 12.3. The fraction of sp³-hybridized carbons (Fsp3) is 0.222. The number of anilines is 1. The molecule has 4 N–H and O–H groups in total. The van der Waals surface area contributed by atoms with Gasteiger partial charge in [0, 0.05) is 5.69 Å². The molecular formula is C18H18N4O6. The maximum absolute atomic E-state index is 12.3. The van der Waals surface area contributed by atoms with E-state index in [9.17, 15) is 19.2 Å². The van der Waals surface area contributed by atoms with Crippen molar-refractivity contribution in [1.82, 2.24) is 15.3 Å². The van der Waals surface area contributed by atoms with E-state index in [-0.39, 0.29) is 11.4 Å². The number of imidazole rings is 1. The lowest BCUT2D eigenvalue weighted by molar-refractivity contribution is -0.154. The van der Waals surface area contributed by atoms with Crippen LogP contribution in [0.3, 0.4) is 0 Å². The molecule has 3 aromatic rings. The first-order valence-corrected chi connectivity index (χ1v) is 8.41. The van der Waals surface area contributed by atoms with Gasteiger partial charge >= 0.3 is 11.7 Å². The number of H-pyrrole nitrogens is 2. The Morgan fingerprint density at radius 1 is 1.11 bits per heavy atom. The molecule has 0 saturated heterocycles. The Morgan fingerprint density at radius 3 is 2.57 bits per heavy atom.